The molecule has 1 aliphatic rings. The minimum absolute atomic E-state index is 0.912. The number of allylic oxidation sites excluding steroid dienone is 2. The van der Waals surface area contributed by atoms with E-state index in [9.17, 15) is 0 Å². The minimum Gasteiger partial charge on any atom is -0.306 e. The standard InChI is InChI=1S/C11H24N2.C5H10.C2H6/c1-4-7-12(2)9-11-6-5-8-13(3)10-11;1-4-5(2)3;1-2/h11H,4-10H2,1-3H3;4H,1-3H3;1-2H3. The molecule has 1 rings (SSSR count). The molecule has 0 saturated carbocycles. The fraction of sp³-hybridized carbons (Fsp3) is 0.889. The van der Waals surface area contributed by atoms with E-state index in [4.69, 9.17) is 0 Å². The van der Waals surface area contributed by atoms with Crippen LogP contribution in [0.25, 0.3) is 0 Å². The molecule has 1 fully saturated rings. The second kappa shape index (κ2) is 15.1. The van der Waals surface area contributed by atoms with Crippen molar-refractivity contribution in [1.82, 2.24) is 9.80 Å². The quantitative estimate of drug-likeness (QED) is 0.692. The van der Waals surface area contributed by atoms with Gasteiger partial charge in [0.1, 0.15) is 0 Å². The van der Waals surface area contributed by atoms with Crippen molar-refractivity contribution < 1.29 is 0 Å². The van der Waals surface area contributed by atoms with Gasteiger partial charge in [0.05, 0.1) is 0 Å². The zero-order valence-corrected chi connectivity index (χ0v) is 15.5. The second-order valence-corrected chi connectivity index (χ2v) is 5.90. The molecule has 20 heavy (non-hydrogen) atoms. The van der Waals surface area contributed by atoms with Crippen LogP contribution < -0.4 is 0 Å². The van der Waals surface area contributed by atoms with Gasteiger partial charge in [-0.15, -0.1) is 0 Å². The summed E-state index contributed by atoms with van der Waals surface area (Å²) in [6, 6.07) is 0. The summed E-state index contributed by atoms with van der Waals surface area (Å²) >= 11 is 0. The first-order valence-corrected chi connectivity index (χ1v) is 8.46. The van der Waals surface area contributed by atoms with E-state index in [2.05, 4.69) is 50.7 Å². The molecule has 1 aliphatic heterocycles. The molecule has 0 aromatic heterocycles. The van der Waals surface area contributed by atoms with Crippen molar-refractivity contribution in [3.8, 4) is 0 Å². The van der Waals surface area contributed by atoms with Crippen molar-refractivity contribution >= 4 is 0 Å². The molecule has 0 bridgehead atoms. The Morgan fingerprint density at radius 1 is 1.30 bits per heavy atom. The summed E-state index contributed by atoms with van der Waals surface area (Å²) in [5.41, 5.74) is 1.38. The van der Waals surface area contributed by atoms with E-state index in [1.165, 1.54) is 51.0 Å². The molecule has 1 heterocycles. The number of hydrogen-bond donors (Lipinski definition) is 0. The summed E-state index contributed by atoms with van der Waals surface area (Å²) in [5, 5.41) is 0. The van der Waals surface area contributed by atoms with Crippen molar-refractivity contribution in [1.29, 1.82) is 0 Å². The van der Waals surface area contributed by atoms with Gasteiger partial charge in [0, 0.05) is 13.1 Å². The molecule has 0 spiro atoms. The lowest BCUT2D eigenvalue weighted by atomic mass is 9.98. The smallest absolute Gasteiger partial charge is 0.00188 e. The van der Waals surface area contributed by atoms with E-state index in [0.29, 0.717) is 0 Å². The number of rotatable bonds is 4. The molecule has 2 heteroatoms. The summed E-state index contributed by atoms with van der Waals surface area (Å²) < 4.78 is 0. The Kier molecular flexibility index (Phi) is 16.5. The van der Waals surface area contributed by atoms with Gasteiger partial charge in [-0.2, -0.15) is 0 Å². The van der Waals surface area contributed by atoms with Crippen LogP contribution in [0.1, 0.15) is 60.8 Å². The van der Waals surface area contributed by atoms with Crippen LogP contribution in [0.3, 0.4) is 0 Å². The molecule has 0 aromatic rings. The Morgan fingerprint density at radius 3 is 2.25 bits per heavy atom. The number of hydrogen-bond acceptors (Lipinski definition) is 2. The topological polar surface area (TPSA) is 6.48 Å². The summed E-state index contributed by atoms with van der Waals surface area (Å²) in [6.45, 7) is 17.6. The van der Waals surface area contributed by atoms with Gasteiger partial charge >= 0.3 is 0 Å². The Hall–Kier alpha value is -0.340. The summed E-state index contributed by atoms with van der Waals surface area (Å²) in [5.74, 6) is 0.912. The lowest BCUT2D eigenvalue weighted by Gasteiger charge is -2.32. The average Bonchev–Trinajstić information content (AvgIpc) is 2.42. The van der Waals surface area contributed by atoms with E-state index in [0.717, 1.165) is 5.92 Å². The predicted octanol–water partition coefficient (Wildman–Crippen LogP) is 4.67. The number of likely N-dealkylation sites (tertiary alicyclic amines) is 1. The van der Waals surface area contributed by atoms with Crippen molar-refractivity contribution in [2.24, 2.45) is 5.92 Å². The molecule has 0 N–H and O–H groups in total. The van der Waals surface area contributed by atoms with E-state index < -0.39 is 0 Å². The van der Waals surface area contributed by atoms with E-state index in [-0.39, 0.29) is 0 Å². The fourth-order valence-electron chi connectivity index (χ4n) is 2.34. The maximum absolute atomic E-state index is 2.48. The first-order valence-electron chi connectivity index (χ1n) is 8.46. The molecule has 122 valence electrons. The summed E-state index contributed by atoms with van der Waals surface area (Å²) in [7, 11) is 4.49. The van der Waals surface area contributed by atoms with Gasteiger partial charge in [0.2, 0.25) is 0 Å². The molecule has 1 saturated heterocycles. The third-order valence-corrected chi connectivity index (χ3v) is 3.47. The summed E-state index contributed by atoms with van der Waals surface area (Å²) in [4.78, 5) is 4.94. The minimum atomic E-state index is 0.912. The SMILES string of the molecule is CC.CC=C(C)C.CCCN(C)CC1CCCN(C)C1. The number of piperidine rings is 1. The van der Waals surface area contributed by atoms with E-state index >= 15 is 0 Å². The molecule has 1 atom stereocenters. The van der Waals surface area contributed by atoms with Crippen LogP contribution >= 0.6 is 0 Å². The number of nitrogens with zero attached hydrogens (tertiary/aromatic N) is 2. The van der Waals surface area contributed by atoms with Crippen LogP contribution in [0.4, 0.5) is 0 Å². The second-order valence-electron chi connectivity index (χ2n) is 5.90. The third kappa shape index (κ3) is 14.1. The Labute approximate surface area is 129 Å². The van der Waals surface area contributed by atoms with Crippen molar-refractivity contribution in [2.75, 3.05) is 40.3 Å². The monoisotopic (exact) mass is 284 g/mol. The molecule has 0 radical (unpaired) electrons. The molecule has 1 unspecified atom stereocenters. The van der Waals surface area contributed by atoms with Crippen LogP contribution in [0.5, 0.6) is 0 Å². The highest BCUT2D eigenvalue weighted by molar-refractivity contribution is 4.88. The lowest BCUT2D eigenvalue weighted by molar-refractivity contribution is 0.166. The maximum Gasteiger partial charge on any atom is 0.00188 e. The highest BCUT2D eigenvalue weighted by atomic mass is 15.1. The third-order valence-electron chi connectivity index (χ3n) is 3.47. The molecule has 0 aliphatic carbocycles. The molecular weight excluding hydrogens is 244 g/mol. The van der Waals surface area contributed by atoms with Crippen LogP contribution in [0.15, 0.2) is 11.6 Å². The Morgan fingerprint density at radius 2 is 1.85 bits per heavy atom. The van der Waals surface area contributed by atoms with Gasteiger partial charge in [-0.3, -0.25) is 0 Å². The first-order chi connectivity index (χ1) is 9.49. The van der Waals surface area contributed by atoms with Gasteiger partial charge in [0.25, 0.3) is 0 Å². The average molecular weight is 285 g/mol. The van der Waals surface area contributed by atoms with Crippen molar-refractivity contribution in [2.45, 2.75) is 60.8 Å². The van der Waals surface area contributed by atoms with Crippen LogP contribution in [-0.4, -0.2) is 50.1 Å². The molecular formula is C18H40N2. The van der Waals surface area contributed by atoms with Crippen LogP contribution in [-0.2, 0) is 0 Å². The van der Waals surface area contributed by atoms with Gasteiger partial charge in [-0.25, -0.2) is 0 Å². The van der Waals surface area contributed by atoms with Gasteiger partial charge in [0.15, 0.2) is 0 Å². The zero-order valence-electron chi connectivity index (χ0n) is 15.5. The molecule has 2 nitrogen and oxygen atoms in total. The normalized spacial score (nSPS) is 18.6. The molecule has 0 amide bonds. The highest BCUT2D eigenvalue weighted by Crippen LogP contribution is 2.15. The van der Waals surface area contributed by atoms with Crippen LogP contribution in [0, 0.1) is 5.92 Å². The molecule has 0 aromatic carbocycles. The van der Waals surface area contributed by atoms with Gasteiger partial charge in [-0.05, 0) is 73.1 Å². The lowest BCUT2D eigenvalue weighted by Crippen LogP contribution is -2.38. The van der Waals surface area contributed by atoms with E-state index in [1.54, 1.807) is 0 Å². The Bertz CT molecular complexity index is 219. The van der Waals surface area contributed by atoms with E-state index in [1.807, 2.05) is 20.8 Å². The predicted molar refractivity (Wildman–Crippen MR) is 94.5 cm³/mol. The Balaban J connectivity index is 0. The fourth-order valence-corrected chi connectivity index (χ4v) is 2.34. The maximum atomic E-state index is 2.48. The first kappa shape index (κ1) is 21.9. The van der Waals surface area contributed by atoms with Crippen molar-refractivity contribution in [3.05, 3.63) is 11.6 Å². The zero-order chi connectivity index (χ0) is 16.0. The van der Waals surface area contributed by atoms with Gasteiger partial charge < -0.3 is 9.80 Å². The van der Waals surface area contributed by atoms with Crippen LogP contribution in [0.2, 0.25) is 0 Å². The van der Waals surface area contributed by atoms with Gasteiger partial charge in [-0.1, -0.05) is 32.4 Å². The van der Waals surface area contributed by atoms with Crippen molar-refractivity contribution in [3.63, 3.8) is 0 Å². The largest absolute Gasteiger partial charge is 0.306 e. The summed E-state index contributed by atoms with van der Waals surface area (Å²) in [6.07, 6.45) is 6.18. The highest BCUT2D eigenvalue weighted by Gasteiger charge is 2.17.